The lowest BCUT2D eigenvalue weighted by Crippen LogP contribution is -2.21. The number of nitrogens with one attached hydrogen (secondary N) is 1. The normalized spacial score (nSPS) is 10.3. The fraction of sp³-hybridized carbons (Fsp3) is 0.158. The van der Waals surface area contributed by atoms with Crippen LogP contribution in [0.4, 0.5) is 5.00 Å². The molecule has 0 aliphatic carbocycles. The molecule has 2 heterocycles. The third-order valence-corrected chi connectivity index (χ3v) is 4.74. The van der Waals surface area contributed by atoms with Crippen molar-refractivity contribution >= 4 is 39.1 Å². The quantitative estimate of drug-likeness (QED) is 0.714. The molecule has 3 rings (SSSR count). The van der Waals surface area contributed by atoms with E-state index in [0.717, 1.165) is 16.5 Å². The minimum absolute atomic E-state index is 0.366. The first-order chi connectivity index (χ1) is 12.5. The number of anilines is 1. The summed E-state index contributed by atoms with van der Waals surface area (Å²) in [6.45, 7) is 3.13. The molecule has 26 heavy (non-hydrogen) atoms. The molecule has 1 aromatic carbocycles. The van der Waals surface area contributed by atoms with Gasteiger partial charge in [0.15, 0.2) is 6.61 Å². The Balaban J connectivity index is 1.73. The summed E-state index contributed by atoms with van der Waals surface area (Å²) in [4.78, 5) is 28.9. The largest absolute Gasteiger partial charge is 0.452 e. The Labute approximate surface area is 154 Å². The number of hydrogen-bond donors (Lipinski definition) is 1. The maximum atomic E-state index is 12.5. The highest BCUT2D eigenvalue weighted by Crippen LogP contribution is 2.24. The number of fused-ring (bicyclic) bond motifs is 1. The van der Waals surface area contributed by atoms with Crippen LogP contribution in [0.25, 0.3) is 10.9 Å². The van der Waals surface area contributed by atoms with E-state index in [1.165, 1.54) is 11.3 Å². The highest BCUT2D eigenvalue weighted by Gasteiger charge is 2.19. The standard InChI is InChI=1S/C19H15N3O3S/c1-11-14-5-3-4-6-15(14)21-12(2)17(11)19(24)25-10-16(23)22-18-13(9-20)7-8-26-18/h3-8H,10H2,1-2H3,(H,22,23). The van der Waals surface area contributed by atoms with Crippen molar-refractivity contribution in [3.05, 3.63) is 58.1 Å². The fourth-order valence-electron chi connectivity index (χ4n) is 2.69. The summed E-state index contributed by atoms with van der Waals surface area (Å²) in [6, 6.07) is 11.1. The van der Waals surface area contributed by atoms with E-state index in [0.29, 0.717) is 21.8 Å². The van der Waals surface area contributed by atoms with Crippen molar-refractivity contribution in [1.82, 2.24) is 4.98 Å². The molecule has 0 radical (unpaired) electrons. The van der Waals surface area contributed by atoms with Gasteiger partial charge in [-0.1, -0.05) is 18.2 Å². The molecule has 0 saturated heterocycles. The minimum atomic E-state index is -0.597. The van der Waals surface area contributed by atoms with E-state index in [4.69, 9.17) is 10.00 Å². The van der Waals surface area contributed by atoms with Gasteiger partial charge in [-0.3, -0.25) is 9.78 Å². The number of esters is 1. The molecule has 1 N–H and O–H groups in total. The summed E-state index contributed by atoms with van der Waals surface area (Å²) in [5, 5.41) is 14.5. The van der Waals surface area contributed by atoms with Gasteiger partial charge in [0.05, 0.1) is 22.3 Å². The second kappa shape index (κ2) is 7.33. The van der Waals surface area contributed by atoms with E-state index in [1.807, 2.05) is 37.3 Å². The van der Waals surface area contributed by atoms with Crippen molar-refractivity contribution in [2.24, 2.45) is 0 Å². The average Bonchev–Trinajstić information content (AvgIpc) is 3.07. The van der Waals surface area contributed by atoms with Gasteiger partial charge < -0.3 is 10.1 Å². The zero-order chi connectivity index (χ0) is 18.7. The Morgan fingerprint density at radius 3 is 2.81 bits per heavy atom. The molecule has 0 fully saturated rings. The maximum absolute atomic E-state index is 12.5. The molecule has 6 nitrogen and oxygen atoms in total. The van der Waals surface area contributed by atoms with Gasteiger partial charge in [0, 0.05) is 5.39 Å². The highest BCUT2D eigenvalue weighted by atomic mass is 32.1. The summed E-state index contributed by atoms with van der Waals surface area (Å²) in [5.74, 6) is -1.10. The molecule has 0 aliphatic heterocycles. The van der Waals surface area contributed by atoms with Crippen LogP contribution in [0.3, 0.4) is 0 Å². The number of ether oxygens (including phenoxy) is 1. The first-order valence-corrected chi connectivity index (χ1v) is 8.69. The predicted octanol–water partition coefficient (Wildman–Crippen LogP) is 3.58. The van der Waals surface area contributed by atoms with Crippen molar-refractivity contribution in [2.75, 3.05) is 11.9 Å². The number of carbonyl (C=O) groups is 2. The Morgan fingerprint density at radius 1 is 1.27 bits per heavy atom. The van der Waals surface area contributed by atoms with Crippen molar-refractivity contribution in [3.8, 4) is 6.07 Å². The van der Waals surface area contributed by atoms with Crippen LogP contribution in [0.5, 0.6) is 0 Å². The zero-order valence-corrected chi connectivity index (χ0v) is 15.0. The first kappa shape index (κ1) is 17.6. The molecule has 7 heteroatoms. The van der Waals surface area contributed by atoms with E-state index in [9.17, 15) is 9.59 Å². The van der Waals surface area contributed by atoms with Crippen LogP contribution in [-0.2, 0) is 9.53 Å². The number of nitriles is 1. The zero-order valence-electron chi connectivity index (χ0n) is 14.2. The van der Waals surface area contributed by atoms with Gasteiger partial charge in [-0.05, 0) is 36.9 Å². The SMILES string of the molecule is Cc1nc2ccccc2c(C)c1C(=O)OCC(=O)Nc1sccc1C#N. The van der Waals surface area contributed by atoms with Crippen LogP contribution in [0.15, 0.2) is 35.7 Å². The molecule has 0 saturated carbocycles. The third kappa shape index (κ3) is 3.41. The number of para-hydroxylation sites is 1. The maximum Gasteiger partial charge on any atom is 0.340 e. The topological polar surface area (TPSA) is 92.1 Å². The number of hydrogen-bond acceptors (Lipinski definition) is 6. The molecule has 1 amide bonds. The average molecular weight is 365 g/mol. The molecule has 2 aromatic heterocycles. The molecule has 130 valence electrons. The molecule has 0 unspecified atom stereocenters. The van der Waals surface area contributed by atoms with Gasteiger partial charge in [0.2, 0.25) is 0 Å². The number of carbonyl (C=O) groups excluding carboxylic acids is 2. The Morgan fingerprint density at radius 2 is 2.04 bits per heavy atom. The lowest BCUT2D eigenvalue weighted by atomic mass is 10.0. The molecule has 0 atom stereocenters. The number of pyridine rings is 1. The monoisotopic (exact) mass is 365 g/mol. The molecular weight excluding hydrogens is 350 g/mol. The van der Waals surface area contributed by atoms with Gasteiger partial charge in [-0.2, -0.15) is 5.26 Å². The molecule has 3 aromatic rings. The smallest absolute Gasteiger partial charge is 0.340 e. The van der Waals surface area contributed by atoms with E-state index < -0.39 is 18.5 Å². The van der Waals surface area contributed by atoms with Gasteiger partial charge in [0.1, 0.15) is 11.1 Å². The van der Waals surface area contributed by atoms with Gasteiger partial charge >= 0.3 is 5.97 Å². The van der Waals surface area contributed by atoms with Crippen LogP contribution in [0.2, 0.25) is 0 Å². The predicted molar refractivity (Wildman–Crippen MR) is 99.2 cm³/mol. The van der Waals surface area contributed by atoms with Crippen LogP contribution < -0.4 is 5.32 Å². The number of amides is 1. The molecular formula is C19H15N3O3S. The van der Waals surface area contributed by atoms with Crippen molar-refractivity contribution in [2.45, 2.75) is 13.8 Å². The minimum Gasteiger partial charge on any atom is -0.452 e. The summed E-state index contributed by atoms with van der Waals surface area (Å²) in [6.07, 6.45) is 0. The van der Waals surface area contributed by atoms with E-state index in [-0.39, 0.29) is 0 Å². The number of rotatable bonds is 4. The van der Waals surface area contributed by atoms with Crippen LogP contribution in [0, 0.1) is 25.2 Å². The van der Waals surface area contributed by atoms with Crippen LogP contribution >= 0.6 is 11.3 Å². The highest BCUT2D eigenvalue weighted by molar-refractivity contribution is 7.14. The number of aromatic nitrogens is 1. The number of benzene rings is 1. The summed E-state index contributed by atoms with van der Waals surface area (Å²) < 4.78 is 5.15. The van der Waals surface area contributed by atoms with Crippen molar-refractivity contribution in [1.29, 1.82) is 5.26 Å². The number of nitrogens with zero attached hydrogens (tertiary/aromatic N) is 2. The lowest BCUT2D eigenvalue weighted by molar-refractivity contribution is -0.119. The van der Waals surface area contributed by atoms with Gasteiger partial charge in [-0.15, -0.1) is 11.3 Å². The number of thiophene rings is 1. The number of aryl methyl sites for hydroxylation is 2. The second-order valence-electron chi connectivity index (χ2n) is 5.61. The molecule has 0 spiro atoms. The van der Waals surface area contributed by atoms with Gasteiger partial charge in [0.25, 0.3) is 5.91 Å². The lowest BCUT2D eigenvalue weighted by Gasteiger charge is -2.12. The van der Waals surface area contributed by atoms with Gasteiger partial charge in [-0.25, -0.2) is 4.79 Å². The van der Waals surface area contributed by atoms with Crippen molar-refractivity contribution in [3.63, 3.8) is 0 Å². The van der Waals surface area contributed by atoms with E-state index in [1.54, 1.807) is 18.4 Å². The Bertz CT molecular complexity index is 1050. The third-order valence-electron chi connectivity index (χ3n) is 3.91. The van der Waals surface area contributed by atoms with E-state index in [2.05, 4.69) is 10.3 Å². The Hall–Kier alpha value is -3.24. The van der Waals surface area contributed by atoms with Crippen molar-refractivity contribution < 1.29 is 14.3 Å². The molecule has 0 bridgehead atoms. The molecule has 0 aliphatic rings. The van der Waals surface area contributed by atoms with Crippen LogP contribution in [0.1, 0.15) is 27.2 Å². The van der Waals surface area contributed by atoms with Crippen LogP contribution in [-0.4, -0.2) is 23.5 Å². The second-order valence-corrected chi connectivity index (χ2v) is 6.53. The fourth-order valence-corrected chi connectivity index (χ4v) is 3.45. The summed E-state index contributed by atoms with van der Waals surface area (Å²) >= 11 is 1.23. The summed E-state index contributed by atoms with van der Waals surface area (Å²) in [5.41, 5.74) is 2.86. The Kier molecular flexibility index (Phi) is 4.96. The van der Waals surface area contributed by atoms with E-state index >= 15 is 0 Å². The first-order valence-electron chi connectivity index (χ1n) is 7.81. The summed E-state index contributed by atoms with van der Waals surface area (Å²) in [7, 11) is 0.